The molecular weight excluding hydrogens is 314 g/mol. The monoisotopic (exact) mass is 327 g/mol. The highest BCUT2D eigenvalue weighted by molar-refractivity contribution is 9.10. The number of hydrogen-bond acceptors (Lipinski definition) is 3. The van der Waals surface area contributed by atoms with Crippen molar-refractivity contribution in [2.24, 2.45) is 0 Å². The van der Waals surface area contributed by atoms with Crippen LogP contribution in [-0.4, -0.2) is 5.91 Å². The number of halogens is 1. The minimum Gasteiger partial charge on any atom is -0.457 e. The molecule has 0 radical (unpaired) electrons. The molecule has 0 saturated carbocycles. The van der Waals surface area contributed by atoms with Crippen molar-refractivity contribution >= 4 is 33.2 Å². The zero-order chi connectivity index (χ0) is 13.3. The topological polar surface area (TPSA) is 42.2 Å². The Morgan fingerprint density at radius 1 is 1.50 bits per heavy atom. The molecular formula is C13H14BrNO2S. The van der Waals surface area contributed by atoms with Gasteiger partial charge < -0.3 is 9.73 Å². The van der Waals surface area contributed by atoms with Crippen LogP contribution in [0.25, 0.3) is 0 Å². The highest BCUT2D eigenvalue weighted by Gasteiger charge is 2.17. The third-order valence-electron chi connectivity index (χ3n) is 2.76. The zero-order valence-electron chi connectivity index (χ0n) is 10.4. The fourth-order valence-corrected chi connectivity index (χ4v) is 3.33. The predicted octanol–water partition coefficient (Wildman–Crippen LogP) is 4.21. The Morgan fingerprint density at radius 2 is 2.22 bits per heavy atom. The average molecular weight is 328 g/mol. The number of furan rings is 1. The van der Waals surface area contributed by atoms with Crippen LogP contribution in [-0.2, 0) is 0 Å². The third-order valence-corrected chi connectivity index (χ3v) is 4.35. The average Bonchev–Trinajstić information content (AvgIpc) is 2.84. The van der Waals surface area contributed by atoms with Gasteiger partial charge in [-0.3, -0.25) is 4.79 Å². The van der Waals surface area contributed by atoms with Gasteiger partial charge >= 0.3 is 0 Å². The number of hydrogen-bond donors (Lipinski definition) is 1. The van der Waals surface area contributed by atoms with Crippen molar-refractivity contribution < 1.29 is 9.21 Å². The number of carbonyl (C=O) groups excluding carboxylic acids is 1. The molecule has 0 aliphatic heterocycles. The van der Waals surface area contributed by atoms with Gasteiger partial charge in [0.25, 0.3) is 5.91 Å². The lowest BCUT2D eigenvalue weighted by molar-refractivity contribution is 0.0938. The minimum absolute atomic E-state index is 0.00995. The fraction of sp³-hybridized carbons (Fsp3) is 0.308. The molecule has 1 unspecified atom stereocenters. The molecule has 0 aliphatic carbocycles. The molecule has 0 aromatic carbocycles. The van der Waals surface area contributed by atoms with Crippen LogP contribution >= 0.6 is 27.3 Å². The molecule has 2 aromatic heterocycles. The first-order chi connectivity index (χ1) is 8.49. The van der Waals surface area contributed by atoms with Crippen LogP contribution in [0.15, 0.2) is 27.5 Å². The van der Waals surface area contributed by atoms with Gasteiger partial charge in [-0.25, -0.2) is 0 Å². The number of amides is 1. The van der Waals surface area contributed by atoms with Crippen LogP contribution < -0.4 is 5.32 Å². The highest BCUT2D eigenvalue weighted by atomic mass is 79.9. The summed E-state index contributed by atoms with van der Waals surface area (Å²) in [4.78, 5) is 14.5. The summed E-state index contributed by atoms with van der Waals surface area (Å²) in [5, 5.41) is 2.97. The molecule has 96 valence electrons. The van der Waals surface area contributed by atoms with Gasteiger partial charge in [0.15, 0.2) is 4.67 Å². The van der Waals surface area contributed by atoms with Crippen LogP contribution in [0.4, 0.5) is 0 Å². The largest absolute Gasteiger partial charge is 0.457 e. The Kier molecular flexibility index (Phi) is 3.92. The second kappa shape index (κ2) is 5.28. The molecule has 2 rings (SSSR count). The number of carbonyl (C=O) groups is 1. The first-order valence-electron chi connectivity index (χ1n) is 5.60. The number of thiophene rings is 1. The Labute approximate surface area is 118 Å². The van der Waals surface area contributed by atoms with E-state index < -0.39 is 0 Å². The van der Waals surface area contributed by atoms with E-state index in [2.05, 4.69) is 41.2 Å². The van der Waals surface area contributed by atoms with E-state index in [0.29, 0.717) is 10.2 Å². The second-order valence-electron chi connectivity index (χ2n) is 4.17. The Bertz CT molecular complexity index is 573. The molecule has 0 spiro atoms. The molecule has 2 heterocycles. The summed E-state index contributed by atoms with van der Waals surface area (Å²) in [6.45, 7) is 6.13. The van der Waals surface area contributed by atoms with Crippen molar-refractivity contribution in [3.8, 4) is 0 Å². The molecule has 0 aliphatic rings. The molecule has 0 fully saturated rings. The molecule has 2 aromatic rings. The van der Waals surface area contributed by atoms with Gasteiger partial charge in [-0.2, -0.15) is 0 Å². The van der Waals surface area contributed by atoms with Crippen molar-refractivity contribution in [1.82, 2.24) is 5.32 Å². The maximum Gasteiger partial charge on any atom is 0.256 e. The fourth-order valence-electron chi connectivity index (χ4n) is 1.89. The van der Waals surface area contributed by atoms with Crippen molar-refractivity contribution in [3.63, 3.8) is 0 Å². The quantitative estimate of drug-likeness (QED) is 0.917. The summed E-state index contributed by atoms with van der Waals surface area (Å²) < 4.78 is 5.52. The Hall–Kier alpha value is -1.07. The van der Waals surface area contributed by atoms with Crippen LogP contribution in [0.3, 0.4) is 0 Å². The number of aryl methyl sites for hydroxylation is 2. The van der Waals surface area contributed by atoms with E-state index in [0.717, 1.165) is 0 Å². The van der Waals surface area contributed by atoms with Gasteiger partial charge in [0.2, 0.25) is 0 Å². The summed E-state index contributed by atoms with van der Waals surface area (Å²) in [5.74, 6) is -0.133. The SMILES string of the molecule is Cc1cc(C(C)NC(=O)c2ccoc2Br)c(C)s1. The van der Waals surface area contributed by atoms with E-state index in [1.807, 2.05) is 6.92 Å². The van der Waals surface area contributed by atoms with Crippen molar-refractivity contribution in [3.05, 3.63) is 43.9 Å². The standard InChI is InChI=1S/C13H14BrNO2S/c1-7-6-11(9(3)18-7)8(2)15-13(16)10-4-5-17-12(10)14/h4-6,8H,1-3H3,(H,15,16). The molecule has 1 N–H and O–H groups in total. The highest BCUT2D eigenvalue weighted by Crippen LogP contribution is 2.27. The van der Waals surface area contributed by atoms with Gasteiger partial charge in [0.1, 0.15) is 0 Å². The number of nitrogens with one attached hydrogen (secondary N) is 1. The Morgan fingerprint density at radius 3 is 2.72 bits per heavy atom. The normalized spacial score (nSPS) is 12.4. The summed E-state index contributed by atoms with van der Waals surface area (Å²) in [6, 6.07) is 3.76. The predicted molar refractivity (Wildman–Crippen MR) is 76.1 cm³/mol. The van der Waals surface area contributed by atoms with Gasteiger partial charge in [-0.05, 0) is 54.4 Å². The van der Waals surface area contributed by atoms with Crippen LogP contribution in [0, 0.1) is 13.8 Å². The smallest absolute Gasteiger partial charge is 0.256 e. The van der Waals surface area contributed by atoms with Gasteiger partial charge in [0, 0.05) is 9.75 Å². The van der Waals surface area contributed by atoms with Crippen LogP contribution in [0.5, 0.6) is 0 Å². The van der Waals surface area contributed by atoms with E-state index in [9.17, 15) is 4.79 Å². The second-order valence-corrected chi connectivity index (χ2v) is 6.35. The molecule has 5 heteroatoms. The maximum atomic E-state index is 12.0. The first-order valence-corrected chi connectivity index (χ1v) is 7.20. The summed E-state index contributed by atoms with van der Waals surface area (Å²) in [6.07, 6.45) is 1.49. The van der Waals surface area contributed by atoms with E-state index in [4.69, 9.17) is 4.42 Å². The first kappa shape index (κ1) is 13.4. The van der Waals surface area contributed by atoms with E-state index in [1.165, 1.54) is 21.6 Å². The van der Waals surface area contributed by atoms with Crippen LogP contribution in [0.2, 0.25) is 0 Å². The van der Waals surface area contributed by atoms with Gasteiger partial charge in [0.05, 0.1) is 17.9 Å². The maximum absolute atomic E-state index is 12.0. The Balaban J connectivity index is 2.13. The van der Waals surface area contributed by atoms with Crippen molar-refractivity contribution in [2.45, 2.75) is 26.8 Å². The molecule has 3 nitrogen and oxygen atoms in total. The van der Waals surface area contributed by atoms with Crippen molar-refractivity contribution in [2.75, 3.05) is 0 Å². The summed E-state index contributed by atoms with van der Waals surface area (Å²) in [5.41, 5.74) is 1.69. The molecule has 0 saturated heterocycles. The van der Waals surface area contributed by atoms with Crippen molar-refractivity contribution in [1.29, 1.82) is 0 Å². The third kappa shape index (κ3) is 2.67. The lowest BCUT2D eigenvalue weighted by Gasteiger charge is -2.13. The van der Waals surface area contributed by atoms with E-state index in [1.54, 1.807) is 17.4 Å². The summed E-state index contributed by atoms with van der Waals surface area (Å²) in [7, 11) is 0. The molecule has 0 bridgehead atoms. The minimum atomic E-state index is -0.133. The van der Waals surface area contributed by atoms with Crippen LogP contribution in [0.1, 0.15) is 38.6 Å². The lowest BCUT2D eigenvalue weighted by atomic mass is 10.1. The van der Waals surface area contributed by atoms with E-state index in [-0.39, 0.29) is 11.9 Å². The lowest BCUT2D eigenvalue weighted by Crippen LogP contribution is -2.26. The van der Waals surface area contributed by atoms with Gasteiger partial charge in [-0.15, -0.1) is 11.3 Å². The molecule has 1 amide bonds. The summed E-state index contributed by atoms with van der Waals surface area (Å²) >= 11 is 4.95. The zero-order valence-corrected chi connectivity index (χ0v) is 12.8. The van der Waals surface area contributed by atoms with Gasteiger partial charge in [-0.1, -0.05) is 0 Å². The number of rotatable bonds is 3. The molecule has 1 atom stereocenters. The molecule has 18 heavy (non-hydrogen) atoms. The van der Waals surface area contributed by atoms with E-state index >= 15 is 0 Å².